The number of imidazole rings is 1. The van der Waals surface area contributed by atoms with Gasteiger partial charge in [0.25, 0.3) is 0 Å². The van der Waals surface area contributed by atoms with Crippen LogP contribution in [0.5, 0.6) is 0 Å². The van der Waals surface area contributed by atoms with Gasteiger partial charge in [-0.25, -0.2) is 9.97 Å². The van der Waals surface area contributed by atoms with Gasteiger partial charge in [0.05, 0.1) is 21.8 Å². The Labute approximate surface area is 180 Å². The average Bonchev–Trinajstić information content (AvgIpc) is 3.14. The Kier molecular flexibility index (Phi) is 4.89. The molecule has 1 amide bonds. The molecule has 5 nitrogen and oxygen atoms in total. The molecule has 0 aliphatic carbocycles. The van der Waals surface area contributed by atoms with Crippen LogP contribution in [0.3, 0.4) is 0 Å². The second-order valence-corrected chi connectivity index (χ2v) is 9.61. The van der Waals surface area contributed by atoms with E-state index in [0.717, 1.165) is 45.6 Å². The lowest BCUT2D eigenvalue weighted by Gasteiger charge is -2.40. The Morgan fingerprint density at radius 1 is 1.00 bits per heavy atom. The van der Waals surface area contributed by atoms with Crippen LogP contribution in [0, 0.1) is 0 Å². The molecule has 2 aromatic heterocycles. The number of carbonyl (C=O) groups is 1. The minimum Gasteiger partial charge on any atom is -0.336 e. The molecule has 1 aliphatic rings. The number of piperidine rings is 1. The lowest BCUT2D eigenvalue weighted by molar-refractivity contribution is -0.136. The van der Waals surface area contributed by atoms with Crippen LogP contribution in [0.4, 0.5) is 0 Å². The average molecular weight is 419 g/mol. The first-order valence-electron chi connectivity index (χ1n) is 10.7. The number of hydrogen-bond acceptors (Lipinski definition) is 4. The smallest absolute Gasteiger partial charge is 0.236 e. The molecule has 3 atom stereocenters. The Bertz CT molecular complexity index is 1240. The zero-order valence-corrected chi connectivity index (χ0v) is 18.4. The second-order valence-electron chi connectivity index (χ2n) is 8.31. The molecule has 1 saturated heterocycles. The van der Waals surface area contributed by atoms with E-state index in [2.05, 4.69) is 35.3 Å². The van der Waals surface area contributed by atoms with Crippen LogP contribution >= 0.6 is 11.8 Å². The van der Waals surface area contributed by atoms with Gasteiger partial charge >= 0.3 is 0 Å². The summed E-state index contributed by atoms with van der Waals surface area (Å²) in [6.45, 7) is 6.34. The van der Waals surface area contributed by atoms with Crippen LogP contribution in [-0.2, 0) is 4.79 Å². The van der Waals surface area contributed by atoms with Crippen molar-refractivity contribution in [2.45, 2.75) is 62.5 Å². The molecular weight excluding hydrogens is 392 g/mol. The number of thioether (sulfide) groups is 1. The van der Waals surface area contributed by atoms with Crippen molar-refractivity contribution in [3.8, 4) is 0 Å². The number of carbonyl (C=O) groups excluding carboxylic acids is 1. The summed E-state index contributed by atoms with van der Waals surface area (Å²) < 4.78 is 2.11. The maximum absolute atomic E-state index is 13.4. The first-order valence-corrected chi connectivity index (χ1v) is 11.6. The van der Waals surface area contributed by atoms with Crippen molar-refractivity contribution < 1.29 is 4.79 Å². The molecule has 6 heteroatoms. The Morgan fingerprint density at radius 3 is 2.43 bits per heavy atom. The largest absolute Gasteiger partial charge is 0.336 e. The lowest BCUT2D eigenvalue weighted by atomic mass is 9.97. The molecule has 0 unspecified atom stereocenters. The molecule has 154 valence electrons. The topological polar surface area (TPSA) is 50.5 Å². The van der Waals surface area contributed by atoms with Gasteiger partial charge in [0.15, 0.2) is 5.16 Å². The first kappa shape index (κ1) is 19.4. The summed E-state index contributed by atoms with van der Waals surface area (Å²) in [5, 5.41) is 1.62. The molecule has 4 aromatic rings. The van der Waals surface area contributed by atoms with Crippen molar-refractivity contribution in [2.24, 2.45) is 0 Å². The summed E-state index contributed by atoms with van der Waals surface area (Å²) in [6.07, 6.45) is 3.36. The fourth-order valence-corrected chi connectivity index (χ4v) is 5.65. The van der Waals surface area contributed by atoms with Gasteiger partial charge in [0.2, 0.25) is 5.91 Å². The quantitative estimate of drug-likeness (QED) is 0.334. The van der Waals surface area contributed by atoms with E-state index in [1.807, 2.05) is 43.3 Å². The van der Waals surface area contributed by atoms with Crippen LogP contribution < -0.4 is 0 Å². The van der Waals surface area contributed by atoms with E-state index in [-0.39, 0.29) is 11.2 Å². The molecule has 0 saturated carbocycles. The number of hydrogen-bond donors (Lipinski definition) is 0. The first-order chi connectivity index (χ1) is 14.5. The molecule has 30 heavy (non-hydrogen) atoms. The van der Waals surface area contributed by atoms with E-state index >= 15 is 0 Å². The molecule has 1 aliphatic heterocycles. The normalized spacial score (nSPS) is 20.8. The third kappa shape index (κ3) is 3.14. The number of fused-ring (bicyclic) bond motifs is 5. The van der Waals surface area contributed by atoms with Gasteiger partial charge in [-0.05, 0) is 64.3 Å². The van der Waals surface area contributed by atoms with E-state index in [4.69, 9.17) is 9.97 Å². The SMILES string of the molecule is C[C@@H]1CCC[C@@H](C)N1C(=O)[C@@H](C)Sc1nc2ccccc2c2nc3ccccc3n12. The predicted octanol–water partition coefficient (Wildman–Crippen LogP) is 5.31. The van der Waals surface area contributed by atoms with Crippen LogP contribution in [-0.4, -0.2) is 42.5 Å². The Morgan fingerprint density at radius 2 is 1.67 bits per heavy atom. The third-order valence-corrected chi connectivity index (χ3v) is 7.23. The lowest BCUT2D eigenvalue weighted by Crippen LogP contribution is -2.50. The number of amides is 1. The van der Waals surface area contributed by atoms with Crippen molar-refractivity contribution >= 4 is 45.3 Å². The number of aromatic nitrogens is 3. The number of rotatable bonds is 3. The van der Waals surface area contributed by atoms with Crippen LogP contribution in [0.25, 0.3) is 27.6 Å². The molecule has 0 N–H and O–H groups in total. The monoisotopic (exact) mass is 418 g/mol. The highest BCUT2D eigenvalue weighted by molar-refractivity contribution is 8.00. The van der Waals surface area contributed by atoms with Gasteiger partial charge in [0.1, 0.15) is 5.65 Å². The van der Waals surface area contributed by atoms with Crippen LogP contribution in [0.1, 0.15) is 40.0 Å². The second kappa shape index (κ2) is 7.58. The molecule has 2 aromatic carbocycles. The minimum absolute atomic E-state index is 0.201. The van der Waals surface area contributed by atoms with E-state index in [1.165, 1.54) is 18.2 Å². The summed E-state index contributed by atoms with van der Waals surface area (Å²) in [6, 6.07) is 16.8. The van der Waals surface area contributed by atoms with Gasteiger partial charge in [-0.3, -0.25) is 9.20 Å². The van der Waals surface area contributed by atoms with Gasteiger partial charge in [-0.2, -0.15) is 0 Å². The van der Waals surface area contributed by atoms with Crippen molar-refractivity contribution in [1.82, 2.24) is 19.3 Å². The predicted molar refractivity (Wildman–Crippen MR) is 123 cm³/mol. The molecule has 0 spiro atoms. The minimum atomic E-state index is -0.217. The molecular formula is C24H26N4OS. The van der Waals surface area contributed by atoms with Gasteiger partial charge in [0, 0.05) is 17.5 Å². The highest BCUT2D eigenvalue weighted by Gasteiger charge is 2.32. The van der Waals surface area contributed by atoms with Crippen molar-refractivity contribution in [1.29, 1.82) is 0 Å². The number of nitrogens with zero attached hydrogens (tertiary/aromatic N) is 4. The van der Waals surface area contributed by atoms with Crippen LogP contribution in [0.2, 0.25) is 0 Å². The van der Waals surface area contributed by atoms with E-state index in [1.54, 1.807) is 0 Å². The fraction of sp³-hybridized carbons (Fsp3) is 0.375. The number of para-hydroxylation sites is 3. The standard InChI is InChI=1S/C24H26N4OS/c1-15-9-8-10-16(2)27(15)23(29)17(3)30-24-26-19-12-5-4-11-18(19)22-25-20-13-6-7-14-21(20)28(22)24/h4-7,11-17H,8-10H2,1-3H3/t15-,16-,17-/m1/s1. The molecule has 0 radical (unpaired) electrons. The van der Waals surface area contributed by atoms with Gasteiger partial charge < -0.3 is 4.90 Å². The summed E-state index contributed by atoms with van der Waals surface area (Å²) in [5.74, 6) is 0.201. The third-order valence-electron chi connectivity index (χ3n) is 6.19. The summed E-state index contributed by atoms with van der Waals surface area (Å²) in [5.41, 5.74) is 3.76. The van der Waals surface area contributed by atoms with E-state index in [9.17, 15) is 4.79 Å². The summed E-state index contributed by atoms with van der Waals surface area (Å²) >= 11 is 1.53. The number of likely N-dealkylation sites (tertiary alicyclic amines) is 1. The molecule has 0 bridgehead atoms. The Balaban J connectivity index is 1.60. The van der Waals surface area contributed by atoms with Crippen molar-refractivity contribution in [2.75, 3.05) is 0 Å². The molecule has 5 rings (SSSR count). The molecule has 3 heterocycles. The van der Waals surface area contributed by atoms with Crippen LogP contribution in [0.15, 0.2) is 53.7 Å². The Hall–Kier alpha value is -2.60. The van der Waals surface area contributed by atoms with Gasteiger partial charge in [-0.15, -0.1) is 0 Å². The molecule has 1 fully saturated rings. The maximum Gasteiger partial charge on any atom is 0.236 e. The van der Waals surface area contributed by atoms with Gasteiger partial charge in [-0.1, -0.05) is 36.0 Å². The fourth-order valence-electron chi connectivity index (χ4n) is 4.67. The highest BCUT2D eigenvalue weighted by atomic mass is 32.2. The summed E-state index contributed by atoms with van der Waals surface area (Å²) in [4.78, 5) is 25.3. The van der Waals surface area contributed by atoms with Crippen molar-refractivity contribution in [3.63, 3.8) is 0 Å². The summed E-state index contributed by atoms with van der Waals surface area (Å²) in [7, 11) is 0. The zero-order chi connectivity index (χ0) is 20.8. The van der Waals surface area contributed by atoms with E-state index in [0.29, 0.717) is 12.1 Å². The maximum atomic E-state index is 13.4. The number of benzene rings is 2. The van der Waals surface area contributed by atoms with Crippen molar-refractivity contribution in [3.05, 3.63) is 48.5 Å². The van der Waals surface area contributed by atoms with E-state index < -0.39 is 0 Å². The zero-order valence-electron chi connectivity index (χ0n) is 17.6. The highest BCUT2D eigenvalue weighted by Crippen LogP contribution is 2.33.